The van der Waals surface area contributed by atoms with Gasteiger partial charge in [-0.15, -0.1) is 5.10 Å². The first-order valence-electron chi connectivity index (χ1n) is 7.52. The summed E-state index contributed by atoms with van der Waals surface area (Å²) in [7, 11) is 0. The lowest BCUT2D eigenvalue weighted by molar-refractivity contribution is -0.116. The molecule has 2 aromatic heterocycles. The number of carbonyl (C=O) groups is 1. The molecule has 0 aliphatic rings. The van der Waals surface area contributed by atoms with Crippen LogP contribution in [0.5, 0.6) is 0 Å². The number of aromatic nitrogens is 5. The van der Waals surface area contributed by atoms with E-state index < -0.39 is 0 Å². The Morgan fingerprint density at radius 2 is 2.04 bits per heavy atom. The summed E-state index contributed by atoms with van der Waals surface area (Å²) in [5.41, 5.74) is 2.07. The number of anilines is 1. The predicted octanol–water partition coefficient (Wildman–Crippen LogP) is 2.51. The van der Waals surface area contributed by atoms with Crippen molar-refractivity contribution in [3.63, 3.8) is 0 Å². The van der Waals surface area contributed by atoms with Gasteiger partial charge in [0, 0.05) is 29.9 Å². The van der Waals surface area contributed by atoms with Gasteiger partial charge >= 0.3 is 0 Å². The summed E-state index contributed by atoms with van der Waals surface area (Å²) in [5.74, 6) is 0.153. The molecule has 1 aromatic carbocycles. The van der Waals surface area contributed by atoms with Crippen molar-refractivity contribution < 1.29 is 4.79 Å². The molecule has 0 aliphatic heterocycles. The number of aryl methyl sites for hydroxylation is 2. The summed E-state index contributed by atoms with van der Waals surface area (Å²) in [6.45, 7) is 3.04. The Bertz CT molecular complexity index is 823. The smallest absolute Gasteiger partial charge is 0.248 e. The summed E-state index contributed by atoms with van der Waals surface area (Å²) in [5, 5.41) is 11.8. The maximum atomic E-state index is 12.0. The average Bonchev–Trinajstić information content (AvgIpc) is 3.17. The maximum Gasteiger partial charge on any atom is 0.248 e. The minimum absolute atomic E-state index is 0.144. The minimum Gasteiger partial charge on any atom is -0.293 e. The van der Waals surface area contributed by atoms with Crippen molar-refractivity contribution in [2.45, 2.75) is 26.4 Å². The molecule has 24 heavy (non-hydrogen) atoms. The molecule has 0 radical (unpaired) electrons. The molecular weight excluding hydrogens is 328 g/mol. The zero-order chi connectivity index (χ0) is 16.9. The van der Waals surface area contributed by atoms with Crippen LogP contribution in [-0.4, -0.2) is 30.5 Å². The van der Waals surface area contributed by atoms with Crippen LogP contribution in [0.25, 0.3) is 0 Å². The zero-order valence-corrected chi connectivity index (χ0v) is 13.9. The number of carbonyl (C=O) groups excluding carboxylic acids is 1. The second-order valence-corrected chi connectivity index (χ2v) is 5.82. The molecule has 0 bridgehead atoms. The lowest BCUT2D eigenvalue weighted by atomic mass is 10.2. The highest BCUT2D eigenvalue weighted by Gasteiger charge is 2.08. The topological polar surface area (TPSA) is 77.6 Å². The fourth-order valence-electron chi connectivity index (χ4n) is 2.23. The Labute approximate surface area is 144 Å². The van der Waals surface area contributed by atoms with E-state index in [-0.39, 0.29) is 5.91 Å². The molecule has 3 rings (SSSR count). The van der Waals surface area contributed by atoms with Gasteiger partial charge in [0.05, 0.1) is 6.54 Å². The fourth-order valence-corrected chi connectivity index (χ4v) is 2.36. The molecule has 0 fully saturated rings. The summed E-state index contributed by atoms with van der Waals surface area (Å²) in [6.07, 6.45) is 3.61. The van der Waals surface area contributed by atoms with Crippen LogP contribution in [0.2, 0.25) is 5.02 Å². The fraction of sp³-hybridized carbons (Fsp3) is 0.250. The Hall–Kier alpha value is -2.67. The van der Waals surface area contributed by atoms with Gasteiger partial charge in [0.25, 0.3) is 0 Å². The van der Waals surface area contributed by atoms with E-state index in [0.29, 0.717) is 30.5 Å². The van der Waals surface area contributed by atoms with E-state index >= 15 is 0 Å². The van der Waals surface area contributed by atoms with E-state index in [1.807, 2.05) is 37.3 Å². The van der Waals surface area contributed by atoms with Crippen LogP contribution >= 0.6 is 11.6 Å². The second kappa shape index (κ2) is 7.27. The summed E-state index contributed by atoms with van der Waals surface area (Å²) >= 11 is 5.86. The molecule has 3 aromatic rings. The summed E-state index contributed by atoms with van der Waals surface area (Å²) in [4.78, 5) is 16.1. The third-order valence-electron chi connectivity index (χ3n) is 3.53. The molecule has 0 saturated heterocycles. The molecule has 0 aliphatic carbocycles. The molecule has 0 spiro atoms. The van der Waals surface area contributed by atoms with Crippen molar-refractivity contribution in [1.29, 1.82) is 0 Å². The number of nitrogens with one attached hydrogen (secondary N) is 1. The van der Waals surface area contributed by atoms with E-state index in [1.54, 1.807) is 21.9 Å². The molecule has 0 unspecified atom stereocenters. The number of halogens is 1. The molecule has 8 heteroatoms. The molecule has 2 heterocycles. The Morgan fingerprint density at radius 1 is 1.25 bits per heavy atom. The van der Waals surface area contributed by atoms with Crippen LogP contribution in [0.1, 0.15) is 17.7 Å². The normalized spacial score (nSPS) is 10.8. The van der Waals surface area contributed by atoms with Gasteiger partial charge in [-0.25, -0.2) is 9.67 Å². The molecule has 0 saturated carbocycles. The van der Waals surface area contributed by atoms with Gasteiger partial charge in [-0.2, -0.15) is 5.10 Å². The van der Waals surface area contributed by atoms with Crippen molar-refractivity contribution in [2.75, 3.05) is 5.32 Å². The minimum atomic E-state index is -0.144. The molecule has 0 atom stereocenters. The quantitative estimate of drug-likeness (QED) is 0.745. The van der Waals surface area contributed by atoms with Gasteiger partial charge in [-0.3, -0.25) is 14.8 Å². The van der Waals surface area contributed by atoms with Crippen LogP contribution in [0.3, 0.4) is 0 Å². The number of hydrogen-bond donors (Lipinski definition) is 1. The van der Waals surface area contributed by atoms with Crippen molar-refractivity contribution in [3.05, 3.63) is 59.1 Å². The van der Waals surface area contributed by atoms with Crippen molar-refractivity contribution in [2.24, 2.45) is 0 Å². The van der Waals surface area contributed by atoms with Gasteiger partial charge in [-0.1, -0.05) is 23.7 Å². The van der Waals surface area contributed by atoms with Crippen molar-refractivity contribution >= 4 is 23.5 Å². The van der Waals surface area contributed by atoms with Gasteiger partial charge < -0.3 is 0 Å². The first-order chi connectivity index (χ1) is 11.6. The van der Waals surface area contributed by atoms with Gasteiger partial charge in [0.2, 0.25) is 11.9 Å². The van der Waals surface area contributed by atoms with Crippen molar-refractivity contribution in [3.8, 4) is 0 Å². The van der Waals surface area contributed by atoms with Crippen LogP contribution < -0.4 is 5.32 Å². The van der Waals surface area contributed by atoms with Crippen LogP contribution in [-0.2, 0) is 17.9 Å². The van der Waals surface area contributed by atoms with E-state index in [2.05, 4.69) is 20.5 Å². The van der Waals surface area contributed by atoms with Crippen LogP contribution in [0.4, 0.5) is 5.95 Å². The van der Waals surface area contributed by atoms with E-state index in [0.717, 1.165) is 11.3 Å². The largest absolute Gasteiger partial charge is 0.293 e. The third-order valence-corrected chi connectivity index (χ3v) is 3.78. The molecular formula is C16H17ClN6O. The molecule has 124 valence electrons. The number of benzene rings is 1. The predicted molar refractivity (Wildman–Crippen MR) is 90.8 cm³/mol. The van der Waals surface area contributed by atoms with Crippen LogP contribution in [0.15, 0.2) is 42.9 Å². The Morgan fingerprint density at radius 3 is 2.75 bits per heavy atom. The van der Waals surface area contributed by atoms with Crippen LogP contribution in [0, 0.1) is 6.92 Å². The first kappa shape index (κ1) is 16.2. The van der Waals surface area contributed by atoms with E-state index in [9.17, 15) is 4.79 Å². The monoisotopic (exact) mass is 344 g/mol. The summed E-state index contributed by atoms with van der Waals surface area (Å²) < 4.78 is 3.45. The maximum absolute atomic E-state index is 12.0. The lowest BCUT2D eigenvalue weighted by Gasteiger charge is -2.04. The highest BCUT2D eigenvalue weighted by atomic mass is 35.5. The van der Waals surface area contributed by atoms with E-state index in [4.69, 9.17) is 11.6 Å². The molecule has 1 amide bonds. The highest BCUT2D eigenvalue weighted by Crippen LogP contribution is 2.10. The summed E-state index contributed by atoms with van der Waals surface area (Å²) in [6, 6.07) is 9.41. The first-order valence-corrected chi connectivity index (χ1v) is 7.90. The number of rotatable bonds is 6. The second-order valence-electron chi connectivity index (χ2n) is 5.39. The van der Waals surface area contributed by atoms with Crippen molar-refractivity contribution in [1.82, 2.24) is 24.5 Å². The molecule has 7 nitrogen and oxygen atoms in total. The lowest BCUT2D eigenvalue weighted by Crippen LogP contribution is -2.16. The Kier molecular flexibility index (Phi) is 4.90. The Balaban J connectivity index is 1.52. The number of amides is 1. The standard InChI is InChI=1S/C16H17ClN6O/c1-12-6-8-19-23(12)9-7-15(24)20-16-18-11-22(21-16)10-13-2-4-14(17)5-3-13/h2-6,8,11H,7,9-10H2,1H3,(H,20,21,24). The average molecular weight is 345 g/mol. The van der Waals surface area contributed by atoms with E-state index in [1.165, 1.54) is 0 Å². The van der Waals surface area contributed by atoms with Gasteiger partial charge in [-0.05, 0) is 30.7 Å². The van der Waals surface area contributed by atoms with Gasteiger partial charge in [0.1, 0.15) is 6.33 Å². The van der Waals surface area contributed by atoms with Gasteiger partial charge in [0.15, 0.2) is 0 Å². The highest BCUT2D eigenvalue weighted by molar-refractivity contribution is 6.30. The zero-order valence-electron chi connectivity index (χ0n) is 13.2. The SMILES string of the molecule is Cc1ccnn1CCC(=O)Nc1ncn(Cc2ccc(Cl)cc2)n1. The third kappa shape index (κ3) is 4.20. The molecule has 1 N–H and O–H groups in total. The number of hydrogen-bond acceptors (Lipinski definition) is 4. The number of nitrogens with zero attached hydrogens (tertiary/aromatic N) is 5.